The van der Waals surface area contributed by atoms with Crippen molar-refractivity contribution in [1.82, 2.24) is 9.55 Å². The van der Waals surface area contributed by atoms with Gasteiger partial charge in [0.15, 0.2) is 5.82 Å². The van der Waals surface area contributed by atoms with Crippen LogP contribution in [0.25, 0.3) is 0 Å². The fraction of sp³-hybridized carbons (Fsp3) is 0.154. The molecule has 102 valence electrons. The Morgan fingerprint density at radius 1 is 1.40 bits per heavy atom. The molecule has 1 aliphatic heterocycles. The molecule has 3 rings (SSSR count). The second-order valence-corrected chi connectivity index (χ2v) is 4.82. The molecular weight excluding hydrogens is 276 g/mol. The molecule has 0 unspecified atom stereocenters. The maximum absolute atomic E-state index is 10.8. The minimum Gasteiger partial charge on any atom is -0.480 e. The van der Waals surface area contributed by atoms with Crippen molar-refractivity contribution in [2.24, 2.45) is 0 Å². The van der Waals surface area contributed by atoms with Gasteiger partial charge in [0.2, 0.25) is 0 Å². The van der Waals surface area contributed by atoms with Crippen LogP contribution in [0.5, 0.6) is 0 Å². The van der Waals surface area contributed by atoms with E-state index in [2.05, 4.69) is 10.4 Å². The summed E-state index contributed by atoms with van der Waals surface area (Å²) in [5.74, 6) is -0.255. The van der Waals surface area contributed by atoms with Crippen molar-refractivity contribution in [1.29, 1.82) is 0 Å². The molecule has 2 aromatic rings. The van der Waals surface area contributed by atoms with Crippen molar-refractivity contribution in [2.75, 3.05) is 10.4 Å². The Labute approximate surface area is 120 Å². The molecule has 0 fully saturated rings. The monoisotopic (exact) mass is 288 g/mol. The number of anilines is 2. The molecule has 2 heterocycles. The smallest absolute Gasteiger partial charge is 0.323 e. The third kappa shape index (κ3) is 2.23. The van der Waals surface area contributed by atoms with Gasteiger partial charge in [0.25, 0.3) is 0 Å². The summed E-state index contributed by atoms with van der Waals surface area (Å²) in [7, 11) is 0. The molecule has 0 aliphatic carbocycles. The summed E-state index contributed by atoms with van der Waals surface area (Å²) in [6, 6.07) is 9.81. The van der Waals surface area contributed by atoms with E-state index >= 15 is 0 Å². The van der Waals surface area contributed by atoms with Crippen LogP contribution in [0.2, 0.25) is 0 Å². The number of hydrazine groups is 1. The first-order valence-corrected chi connectivity index (χ1v) is 6.45. The van der Waals surface area contributed by atoms with Gasteiger partial charge in [-0.15, -0.1) is 0 Å². The Morgan fingerprint density at radius 2 is 2.15 bits per heavy atom. The number of carbonyl (C=O) groups is 1. The molecule has 0 saturated carbocycles. The molecule has 1 aromatic carbocycles. The SMILES string of the molecule is O=C(O)Cn1cnc2c(c1=S)CN(c1ccccc1)N2. The zero-order valence-corrected chi connectivity index (χ0v) is 11.3. The van der Waals surface area contributed by atoms with Gasteiger partial charge in [-0.2, -0.15) is 0 Å². The molecule has 0 amide bonds. The second-order valence-electron chi connectivity index (χ2n) is 4.43. The summed E-state index contributed by atoms with van der Waals surface area (Å²) in [6.45, 7) is 0.385. The highest BCUT2D eigenvalue weighted by atomic mass is 32.1. The van der Waals surface area contributed by atoms with Gasteiger partial charge < -0.3 is 9.67 Å². The predicted octanol–water partition coefficient (Wildman–Crippen LogP) is 2.04. The lowest BCUT2D eigenvalue weighted by molar-refractivity contribution is -0.137. The summed E-state index contributed by atoms with van der Waals surface area (Å²) in [5.41, 5.74) is 5.01. The van der Waals surface area contributed by atoms with E-state index in [1.54, 1.807) is 0 Å². The Kier molecular flexibility index (Phi) is 3.11. The maximum Gasteiger partial charge on any atom is 0.323 e. The zero-order chi connectivity index (χ0) is 14.1. The fourth-order valence-electron chi connectivity index (χ4n) is 2.12. The van der Waals surface area contributed by atoms with Crippen LogP contribution >= 0.6 is 12.2 Å². The maximum atomic E-state index is 10.8. The first-order valence-electron chi connectivity index (χ1n) is 6.04. The predicted molar refractivity (Wildman–Crippen MR) is 76.9 cm³/mol. The molecule has 1 aliphatic rings. The largest absolute Gasteiger partial charge is 0.480 e. The number of hydrogen-bond donors (Lipinski definition) is 2. The number of benzene rings is 1. The van der Waals surface area contributed by atoms with E-state index in [1.807, 2.05) is 35.3 Å². The van der Waals surface area contributed by atoms with Crippen molar-refractivity contribution < 1.29 is 9.90 Å². The highest BCUT2D eigenvalue weighted by molar-refractivity contribution is 7.71. The van der Waals surface area contributed by atoms with Gasteiger partial charge >= 0.3 is 5.97 Å². The Hall–Kier alpha value is -2.41. The minimum absolute atomic E-state index is 0.176. The molecule has 2 N–H and O–H groups in total. The van der Waals surface area contributed by atoms with Crippen LogP contribution in [0, 0.1) is 4.64 Å². The van der Waals surface area contributed by atoms with E-state index in [-0.39, 0.29) is 6.54 Å². The van der Waals surface area contributed by atoms with Gasteiger partial charge in [-0.1, -0.05) is 30.4 Å². The number of fused-ring (bicyclic) bond motifs is 1. The lowest BCUT2D eigenvalue weighted by Crippen LogP contribution is -2.22. The minimum atomic E-state index is -0.936. The molecular formula is C13H12N4O2S. The van der Waals surface area contributed by atoms with E-state index < -0.39 is 5.97 Å². The van der Waals surface area contributed by atoms with Gasteiger partial charge in [0.05, 0.1) is 24.1 Å². The average molecular weight is 288 g/mol. The number of rotatable bonds is 3. The van der Waals surface area contributed by atoms with E-state index in [9.17, 15) is 4.79 Å². The number of nitrogens with one attached hydrogen (secondary N) is 1. The van der Waals surface area contributed by atoms with E-state index in [4.69, 9.17) is 17.3 Å². The molecule has 0 saturated heterocycles. The van der Waals surface area contributed by atoms with Gasteiger partial charge in [-0.3, -0.25) is 15.2 Å². The van der Waals surface area contributed by atoms with Gasteiger partial charge in [0.1, 0.15) is 11.2 Å². The topological polar surface area (TPSA) is 70.4 Å². The van der Waals surface area contributed by atoms with Crippen LogP contribution in [-0.2, 0) is 17.9 Å². The summed E-state index contributed by atoms with van der Waals surface area (Å²) in [4.78, 5) is 15.0. The molecule has 0 bridgehead atoms. The first-order chi connectivity index (χ1) is 9.65. The molecule has 0 radical (unpaired) electrons. The Balaban J connectivity index is 1.92. The summed E-state index contributed by atoms with van der Waals surface area (Å²) in [6.07, 6.45) is 1.46. The standard InChI is InChI=1S/C13H12N4O2S/c18-11(19)7-16-8-14-12-10(13(16)20)6-17(15-12)9-4-2-1-3-5-9/h1-5,8,15H,6-7H2,(H,18,19). The Morgan fingerprint density at radius 3 is 2.85 bits per heavy atom. The highest BCUT2D eigenvalue weighted by Gasteiger charge is 2.22. The van der Waals surface area contributed by atoms with Crippen LogP contribution in [0.15, 0.2) is 36.7 Å². The number of aromatic nitrogens is 2. The van der Waals surface area contributed by atoms with E-state index in [0.717, 1.165) is 11.3 Å². The number of carboxylic acid groups (broad SMARTS) is 1. The quantitative estimate of drug-likeness (QED) is 0.842. The lowest BCUT2D eigenvalue weighted by atomic mass is 10.3. The first kappa shape index (κ1) is 12.6. The number of nitrogens with zero attached hydrogens (tertiary/aromatic N) is 3. The van der Waals surface area contributed by atoms with Crippen molar-refractivity contribution in [3.63, 3.8) is 0 Å². The molecule has 20 heavy (non-hydrogen) atoms. The van der Waals surface area contributed by atoms with Crippen molar-refractivity contribution in [2.45, 2.75) is 13.1 Å². The van der Waals surface area contributed by atoms with Crippen LogP contribution in [0.4, 0.5) is 11.5 Å². The van der Waals surface area contributed by atoms with Crippen LogP contribution in [0.3, 0.4) is 0 Å². The summed E-state index contributed by atoms with van der Waals surface area (Å²) < 4.78 is 1.97. The highest BCUT2D eigenvalue weighted by Crippen LogP contribution is 2.27. The number of carboxylic acids is 1. The van der Waals surface area contributed by atoms with Crippen LogP contribution < -0.4 is 10.4 Å². The van der Waals surface area contributed by atoms with E-state index in [1.165, 1.54) is 10.9 Å². The van der Waals surface area contributed by atoms with Crippen LogP contribution in [0.1, 0.15) is 5.56 Å². The molecule has 6 nitrogen and oxygen atoms in total. The third-order valence-corrected chi connectivity index (χ3v) is 3.54. The molecule has 1 aromatic heterocycles. The number of para-hydroxylation sites is 1. The van der Waals surface area contributed by atoms with Crippen molar-refractivity contribution >= 4 is 29.7 Å². The Bertz CT molecular complexity index is 714. The van der Waals surface area contributed by atoms with Crippen molar-refractivity contribution in [3.05, 3.63) is 46.9 Å². The average Bonchev–Trinajstić information content (AvgIpc) is 2.87. The van der Waals surface area contributed by atoms with Gasteiger partial charge in [-0.05, 0) is 12.1 Å². The zero-order valence-electron chi connectivity index (χ0n) is 10.5. The molecule has 7 heteroatoms. The van der Waals surface area contributed by atoms with Crippen LogP contribution in [-0.4, -0.2) is 20.6 Å². The fourth-order valence-corrected chi connectivity index (χ4v) is 2.39. The normalized spacial score (nSPS) is 12.9. The summed E-state index contributed by atoms with van der Waals surface area (Å²) >= 11 is 5.33. The van der Waals surface area contributed by atoms with Gasteiger partial charge in [0, 0.05) is 0 Å². The van der Waals surface area contributed by atoms with E-state index in [0.29, 0.717) is 17.0 Å². The van der Waals surface area contributed by atoms with Gasteiger partial charge in [-0.25, -0.2) is 4.98 Å². The molecule has 0 atom stereocenters. The lowest BCUT2D eigenvalue weighted by Gasteiger charge is -2.17. The number of aliphatic carboxylic acids is 1. The van der Waals surface area contributed by atoms with Crippen molar-refractivity contribution in [3.8, 4) is 0 Å². The molecule has 0 spiro atoms. The second kappa shape index (κ2) is 4.93. The third-order valence-electron chi connectivity index (χ3n) is 3.06. The summed E-state index contributed by atoms with van der Waals surface area (Å²) in [5, 5.41) is 10.8. The number of hydrogen-bond acceptors (Lipinski definition) is 5.